The van der Waals surface area contributed by atoms with Crippen LogP contribution in [-0.4, -0.2) is 24.3 Å². The zero-order chi connectivity index (χ0) is 13.2. The van der Waals surface area contributed by atoms with Gasteiger partial charge in [0.05, 0.1) is 7.11 Å². The van der Waals surface area contributed by atoms with E-state index in [4.69, 9.17) is 0 Å². The van der Waals surface area contributed by atoms with Crippen molar-refractivity contribution >= 4 is 5.97 Å². The average Bonchev–Trinajstić information content (AvgIpc) is 2.26. The van der Waals surface area contributed by atoms with E-state index in [1.807, 2.05) is 45.9 Å². The lowest BCUT2D eigenvalue weighted by molar-refractivity contribution is -0.153. The summed E-state index contributed by atoms with van der Waals surface area (Å²) in [6, 6.07) is 5.93. The summed E-state index contributed by atoms with van der Waals surface area (Å²) in [6.07, 6.45) is -1.16. The van der Waals surface area contributed by atoms with Crippen molar-refractivity contribution in [1.29, 1.82) is 0 Å². The van der Waals surface area contributed by atoms with Gasteiger partial charge in [0.1, 0.15) is 0 Å². The van der Waals surface area contributed by atoms with Crippen molar-refractivity contribution in [3.8, 4) is 0 Å². The van der Waals surface area contributed by atoms with Crippen LogP contribution < -0.4 is 0 Å². The minimum atomic E-state index is -1.16. The first-order valence-corrected chi connectivity index (χ1v) is 5.65. The van der Waals surface area contributed by atoms with E-state index in [-0.39, 0.29) is 0 Å². The lowest BCUT2D eigenvalue weighted by Gasteiger charge is -2.32. The molecule has 1 aromatic carbocycles. The summed E-state index contributed by atoms with van der Waals surface area (Å²) in [5, 5.41) is 10.1. The SMILES string of the molecule is COC(=O)C(O)C(C)(C)c1c(C)cccc1C. The normalized spacial score (nSPS) is 13.3. The van der Waals surface area contributed by atoms with Crippen molar-refractivity contribution in [1.82, 2.24) is 0 Å². The Labute approximate surface area is 102 Å². The van der Waals surface area contributed by atoms with Crippen LogP contribution in [0.2, 0.25) is 0 Å². The molecule has 0 saturated carbocycles. The second-order valence-electron chi connectivity index (χ2n) is 4.91. The third-order valence-corrected chi connectivity index (χ3v) is 3.23. The molecule has 0 radical (unpaired) electrons. The Hall–Kier alpha value is -1.35. The molecule has 0 aliphatic heterocycles. The Bertz CT molecular complexity index is 401. The highest BCUT2D eigenvalue weighted by molar-refractivity contribution is 5.76. The predicted molar refractivity (Wildman–Crippen MR) is 67.0 cm³/mol. The van der Waals surface area contributed by atoms with Gasteiger partial charge in [0, 0.05) is 5.41 Å². The molecule has 94 valence electrons. The van der Waals surface area contributed by atoms with Gasteiger partial charge in [-0.05, 0) is 30.5 Å². The van der Waals surface area contributed by atoms with Crippen molar-refractivity contribution in [2.45, 2.75) is 39.2 Å². The van der Waals surface area contributed by atoms with Gasteiger partial charge >= 0.3 is 5.97 Å². The third kappa shape index (κ3) is 2.50. The minimum absolute atomic E-state index is 0.599. The Morgan fingerprint density at radius 2 is 1.76 bits per heavy atom. The number of aliphatic hydroxyl groups is 1. The van der Waals surface area contributed by atoms with Gasteiger partial charge in [0.15, 0.2) is 6.10 Å². The summed E-state index contributed by atoms with van der Waals surface area (Å²) in [6.45, 7) is 7.66. The third-order valence-electron chi connectivity index (χ3n) is 3.23. The zero-order valence-corrected chi connectivity index (χ0v) is 11.1. The van der Waals surface area contributed by atoms with E-state index in [9.17, 15) is 9.90 Å². The number of benzene rings is 1. The van der Waals surface area contributed by atoms with E-state index >= 15 is 0 Å². The van der Waals surface area contributed by atoms with Crippen LogP contribution in [0.25, 0.3) is 0 Å². The molecule has 0 spiro atoms. The topological polar surface area (TPSA) is 46.5 Å². The first-order valence-electron chi connectivity index (χ1n) is 5.65. The maximum Gasteiger partial charge on any atom is 0.335 e. The molecule has 1 aromatic rings. The molecule has 1 N–H and O–H groups in total. The van der Waals surface area contributed by atoms with E-state index < -0.39 is 17.5 Å². The number of aliphatic hydroxyl groups excluding tert-OH is 1. The quantitative estimate of drug-likeness (QED) is 0.818. The predicted octanol–water partition coefficient (Wildman–Crippen LogP) is 2.11. The highest BCUT2D eigenvalue weighted by atomic mass is 16.5. The molecule has 0 bridgehead atoms. The van der Waals surface area contributed by atoms with Gasteiger partial charge in [-0.3, -0.25) is 0 Å². The first-order chi connectivity index (χ1) is 7.82. The highest BCUT2D eigenvalue weighted by Crippen LogP contribution is 2.32. The second kappa shape index (κ2) is 4.88. The lowest BCUT2D eigenvalue weighted by atomic mass is 9.75. The van der Waals surface area contributed by atoms with Gasteiger partial charge in [-0.25, -0.2) is 4.79 Å². The molecule has 0 heterocycles. The number of hydrogen-bond acceptors (Lipinski definition) is 3. The number of ether oxygens (including phenoxy) is 1. The fourth-order valence-corrected chi connectivity index (χ4v) is 2.37. The molecule has 0 saturated heterocycles. The molecule has 3 nitrogen and oxygen atoms in total. The van der Waals surface area contributed by atoms with E-state index in [0.29, 0.717) is 0 Å². The van der Waals surface area contributed by atoms with Crippen LogP contribution in [0.15, 0.2) is 18.2 Å². The van der Waals surface area contributed by atoms with E-state index in [1.165, 1.54) is 7.11 Å². The summed E-state index contributed by atoms with van der Waals surface area (Å²) in [4.78, 5) is 11.5. The van der Waals surface area contributed by atoms with Gasteiger partial charge in [0.25, 0.3) is 0 Å². The van der Waals surface area contributed by atoms with Gasteiger partial charge in [-0.15, -0.1) is 0 Å². The van der Waals surface area contributed by atoms with E-state index in [0.717, 1.165) is 16.7 Å². The molecular weight excluding hydrogens is 216 g/mol. The van der Waals surface area contributed by atoms with E-state index in [2.05, 4.69) is 4.74 Å². The number of hydrogen-bond donors (Lipinski definition) is 1. The largest absolute Gasteiger partial charge is 0.467 e. The van der Waals surface area contributed by atoms with Gasteiger partial charge in [0.2, 0.25) is 0 Å². The van der Waals surface area contributed by atoms with Gasteiger partial charge in [-0.2, -0.15) is 0 Å². The monoisotopic (exact) mass is 236 g/mol. The van der Waals surface area contributed by atoms with Crippen LogP contribution in [0.5, 0.6) is 0 Å². The van der Waals surface area contributed by atoms with Crippen molar-refractivity contribution in [3.05, 3.63) is 34.9 Å². The first kappa shape index (κ1) is 13.7. The maximum absolute atomic E-state index is 11.5. The lowest BCUT2D eigenvalue weighted by Crippen LogP contribution is -2.41. The molecular formula is C14H20O3. The molecule has 0 aromatic heterocycles. The fourth-order valence-electron chi connectivity index (χ4n) is 2.37. The number of carbonyl (C=O) groups excluding carboxylic acids is 1. The summed E-state index contributed by atoms with van der Waals surface area (Å²) >= 11 is 0. The molecule has 17 heavy (non-hydrogen) atoms. The minimum Gasteiger partial charge on any atom is -0.467 e. The Kier molecular flexibility index (Phi) is 3.94. The molecule has 3 heteroatoms. The number of aryl methyl sites for hydroxylation is 2. The van der Waals surface area contributed by atoms with Gasteiger partial charge < -0.3 is 9.84 Å². The van der Waals surface area contributed by atoms with Crippen LogP contribution in [0.4, 0.5) is 0 Å². The molecule has 0 aliphatic carbocycles. The second-order valence-corrected chi connectivity index (χ2v) is 4.91. The van der Waals surface area contributed by atoms with Crippen LogP contribution >= 0.6 is 0 Å². The zero-order valence-electron chi connectivity index (χ0n) is 11.1. The summed E-state index contributed by atoms with van der Waals surface area (Å²) < 4.78 is 4.61. The van der Waals surface area contributed by atoms with Crippen LogP contribution in [-0.2, 0) is 14.9 Å². The van der Waals surface area contributed by atoms with Crippen LogP contribution in [0.1, 0.15) is 30.5 Å². The standard InChI is InChI=1S/C14H20O3/c1-9-7-6-8-10(2)11(9)14(3,4)12(15)13(16)17-5/h6-8,12,15H,1-5H3. The maximum atomic E-state index is 11.5. The molecule has 1 unspecified atom stereocenters. The summed E-state index contributed by atoms with van der Waals surface area (Å²) in [5.74, 6) is -0.599. The van der Waals surface area contributed by atoms with Gasteiger partial charge in [-0.1, -0.05) is 32.0 Å². The molecule has 0 fully saturated rings. The molecule has 0 aliphatic rings. The Morgan fingerprint density at radius 1 is 1.29 bits per heavy atom. The van der Waals surface area contributed by atoms with Crippen molar-refractivity contribution in [2.75, 3.05) is 7.11 Å². The number of esters is 1. The number of methoxy groups -OCH3 is 1. The fraction of sp³-hybridized carbons (Fsp3) is 0.500. The Morgan fingerprint density at radius 3 is 2.18 bits per heavy atom. The van der Waals surface area contributed by atoms with Crippen LogP contribution in [0.3, 0.4) is 0 Å². The number of rotatable bonds is 3. The smallest absolute Gasteiger partial charge is 0.335 e. The highest BCUT2D eigenvalue weighted by Gasteiger charge is 2.37. The average molecular weight is 236 g/mol. The van der Waals surface area contributed by atoms with Crippen molar-refractivity contribution in [2.24, 2.45) is 0 Å². The van der Waals surface area contributed by atoms with Crippen molar-refractivity contribution < 1.29 is 14.6 Å². The number of carbonyl (C=O) groups is 1. The molecule has 0 amide bonds. The van der Waals surface area contributed by atoms with Crippen LogP contribution in [0, 0.1) is 13.8 Å². The molecule has 1 atom stereocenters. The molecule has 1 rings (SSSR count). The van der Waals surface area contributed by atoms with Crippen molar-refractivity contribution in [3.63, 3.8) is 0 Å². The summed E-state index contributed by atoms with van der Waals surface area (Å²) in [5.41, 5.74) is 2.47. The Balaban J connectivity index is 3.25. The van der Waals surface area contributed by atoms with E-state index in [1.54, 1.807) is 0 Å². The summed E-state index contributed by atoms with van der Waals surface area (Å²) in [7, 11) is 1.28.